The van der Waals surface area contributed by atoms with Gasteiger partial charge in [-0.2, -0.15) is 0 Å². The monoisotopic (exact) mass is 247 g/mol. The van der Waals surface area contributed by atoms with E-state index in [1.165, 1.54) is 12.8 Å². The smallest absolute Gasteiger partial charge is 0.119 e. The highest BCUT2D eigenvalue weighted by molar-refractivity contribution is 5.35. The quantitative estimate of drug-likeness (QED) is 0.869. The molecule has 2 bridgehead atoms. The summed E-state index contributed by atoms with van der Waals surface area (Å²) in [5.74, 6) is 0.824. The van der Waals surface area contributed by atoms with Crippen LogP contribution in [-0.4, -0.2) is 36.2 Å². The van der Waals surface area contributed by atoms with Crippen LogP contribution >= 0.6 is 0 Å². The molecule has 1 N–H and O–H groups in total. The van der Waals surface area contributed by atoms with Crippen LogP contribution < -0.4 is 4.74 Å². The molecule has 0 aromatic heterocycles. The maximum absolute atomic E-state index is 11.1. The fourth-order valence-electron chi connectivity index (χ4n) is 3.73. The summed E-state index contributed by atoms with van der Waals surface area (Å²) in [5.41, 5.74) is 0.299. The van der Waals surface area contributed by atoms with Crippen LogP contribution in [0.15, 0.2) is 24.3 Å². The zero-order valence-electron chi connectivity index (χ0n) is 11.1. The molecule has 2 saturated heterocycles. The van der Waals surface area contributed by atoms with E-state index in [9.17, 15) is 5.11 Å². The van der Waals surface area contributed by atoms with Gasteiger partial charge in [-0.15, -0.1) is 0 Å². The van der Waals surface area contributed by atoms with E-state index in [2.05, 4.69) is 11.9 Å². The summed E-state index contributed by atoms with van der Waals surface area (Å²) in [4.78, 5) is 2.36. The van der Waals surface area contributed by atoms with Crippen LogP contribution in [0.5, 0.6) is 5.75 Å². The molecule has 98 valence electrons. The number of aliphatic hydroxyl groups is 1. The normalized spacial score (nSPS) is 35.7. The van der Waals surface area contributed by atoms with E-state index >= 15 is 0 Å². The van der Waals surface area contributed by atoms with Crippen LogP contribution in [0.25, 0.3) is 0 Å². The molecule has 0 aliphatic carbocycles. The highest BCUT2D eigenvalue weighted by atomic mass is 16.5. The second-order valence-corrected chi connectivity index (χ2v) is 5.63. The van der Waals surface area contributed by atoms with Gasteiger partial charge >= 0.3 is 0 Å². The Bertz CT molecular complexity index is 448. The van der Waals surface area contributed by atoms with Crippen LogP contribution in [0.2, 0.25) is 0 Å². The predicted molar refractivity (Wildman–Crippen MR) is 70.7 cm³/mol. The summed E-state index contributed by atoms with van der Waals surface area (Å²) in [6.07, 6.45) is 4.37. The van der Waals surface area contributed by atoms with Crippen molar-refractivity contribution in [1.82, 2.24) is 4.90 Å². The van der Waals surface area contributed by atoms with Gasteiger partial charge in [0.1, 0.15) is 11.4 Å². The van der Waals surface area contributed by atoms with Gasteiger partial charge in [-0.1, -0.05) is 18.6 Å². The molecule has 0 spiro atoms. The third-order valence-corrected chi connectivity index (χ3v) is 4.75. The maximum atomic E-state index is 11.1. The number of benzene rings is 1. The second-order valence-electron chi connectivity index (χ2n) is 5.63. The summed E-state index contributed by atoms with van der Waals surface area (Å²) in [5, 5.41) is 11.1. The molecule has 1 aromatic rings. The Kier molecular flexibility index (Phi) is 2.83. The number of likely N-dealkylation sites (N-methyl/N-ethyl adjacent to an activating group) is 1. The molecule has 0 radical (unpaired) electrons. The number of fused-ring (bicyclic) bond motifs is 2. The number of rotatable bonds is 2. The average molecular weight is 247 g/mol. The van der Waals surface area contributed by atoms with Crippen molar-refractivity contribution in [2.75, 3.05) is 14.2 Å². The van der Waals surface area contributed by atoms with Crippen LogP contribution in [-0.2, 0) is 5.60 Å². The van der Waals surface area contributed by atoms with E-state index in [1.807, 2.05) is 24.3 Å². The fourth-order valence-corrected chi connectivity index (χ4v) is 3.73. The summed E-state index contributed by atoms with van der Waals surface area (Å²) >= 11 is 0. The van der Waals surface area contributed by atoms with Crippen molar-refractivity contribution in [1.29, 1.82) is 0 Å². The van der Waals surface area contributed by atoms with Crippen molar-refractivity contribution >= 4 is 0 Å². The van der Waals surface area contributed by atoms with Gasteiger partial charge in [0, 0.05) is 12.1 Å². The van der Waals surface area contributed by atoms with Gasteiger partial charge in [-0.25, -0.2) is 0 Å². The molecule has 0 amide bonds. The molecule has 3 unspecified atom stereocenters. The number of methoxy groups -OCH3 is 1. The average Bonchev–Trinajstić information content (AvgIpc) is 2.55. The molecule has 1 aromatic carbocycles. The third-order valence-electron chi connectivity index (χ3n) is 4.75. The summed E-state index contributed by atoms with van der Waals surface area (Å²) in [6, 6.07) is 8.68. The lowest BCUT2D eigenvalue weighted by Crippen LogP contribution is -2.43. The van der Waals surface area contributed by atoms with Crippen LogP contribution in [0, 0.1) is 0 Å². The SMILES string of the molecule is COc1cccc(C2(O)CC3CCCC2N3C)c1. The first-order valence-corrected chi connectivity index (χ1v) is 6.74. The molecule has 2 aliphatic heterocycles. The second kappa shape index (κ2) is 4.25. The zero-order valence-corrected chi connectivity index (χ0v) is 11.1. The Morgan fingerprint density at radius 1 is 1.39 bits per heavy atom. The number of nitrogens with zero attached hydrogens (tertiary/aromatic N) is 1. The van der Waals surface area contributed by atoms with Crippen molar-refractivity contribution in [3.05, 3.63) is 29.8 Å². The van der Waals surface area contributed by atoms with Crippen molar-refractivity contribution in [2.45, 2.75) is 43.4 Å². The van der Waals surface area contributed by atoms with Gasteiger partial charge in [0.05, 0.1) is 7.11 Å². The first-order chi connectivity index (χ1) is 8.65. The first kappa shape index (κ1) is 12.0. The van der Waals surface area contributed by atoms with Crippen LogP contribution in [0.4, 0.5) is 0 Å². The Hall–Kier alpha value is -1.06. The zero-order chi connectivity index (χ0) is 12.8. The number of ether oxygens (including phenoxy) is 1. The molecule has 18 heavy (non-hydrogen) atoms. The maximum Gasteiger partial charge on any atom is 0.119 e. The minimum atomic E-state index is -0.704. The number of hydrogen-bond acceptors (Lipinski definition) is 3. The van der Waals surface area contributed by atoms with Crippen molar-refractivity contribution in [3.8, 4) is 5.75 Å². The third kappa shape index (κ3) is 1.65. The van der Waals surface area contributed by atoms with E-state index in [1.54, 1.807) is 7.11 Å². The molecule has 2 fully saturated rings. The van der Waals surface area contributed by atoms with E-state index in [0.29, 0.717) is 6.04 Å². The lowest BCUT2D eigenvalue weighted by molar-refractivity contribution is -0.00287. The molecule has 3 rings (SSSR count). The fraction of sp³-hybridized carbons (Fsp3) is 0.600. The van der Waals surface area contributed by atoms with Gasteiger partial charge in [0.2, 0.25) is 0 Å². The molecule has 3 nitrogen and oxygen atoms in total. The van der Waals surface area contributed by atoms with Gasteiger partial charge in [-0.05, 0) is 44.0 Å². The van der Waals surface area contributed by atoms with E-state index in [4.69, 9.17) is 4.74 Å². The molecule has 3 atom stereocenters. The van der Waals surface area contributed by atoms with Gasteiger partial charge < -0.3 is 9.84 Å². The Morgan fingerprint density at radius 2 is 2.22 bits per heavy atom. The number of piperidine rings is 1. The van der Waals surface area contributed by atoms with Gasteiger partial charge in [-0.3, -0.25) is 4.90 Å². The minimum Gasteiger partial charge on any atom is -0.497 e. The topological polar surface area (TPSA) is 32.7 Å². The Labute approximate surface area is 108 Å². The van der Waals surface area contributed by atoms with Crippen LogP contribution in [0.3, 0.4) is 0 Å². The minimum absolute atomic E-state index is 0.253. The van der Waals surface area contributed by atoms with Crippen molar-refractivity contribution in [2.24, 2.45) is 0 Å². The molecule has 2 aliphatic rings. The van der Waals surface area contributed by atoms with E-state index in [-0.39, 0.29) is 6.04 Å². The standard InChI is InChI=1S/C15H21NO2/c1-16-12-6-4-8-14(16)15(17,10-12)11-5-3-7-13(9-11)18-2/h3,5,7,9,12,14,17H,4,6,8,10H2,1-2H3. The van der Waals surface area contributed by atoms with Gasteiger partial charge in [0.15, 0.2) is 0 Å². The van der Waals surface area contributed by atoms with Crippen molar-refractivity contribution < 1.29 is 9.84 Å². The van der Waals surface area contributed by atoms with E-state index < -0.39 is 5.60 Å². The molecular weight excluding hydrogens is 226 g/mol. The summed E-state index contributed by atoms with van der Waals surface area (Å²) in [7, 11) is 3.81. The lowest BCUT2D eigenvalue weighted by atomic mass is 9.85. The largest absolute Gasteiger partial charge is 0.497 e. The number of hydrogen-bond donors (Lipinski definition) is 1. The summed E-state index contributed by atoms with van der Waals surface area (Å²) < 4.78 is 5.27. The first-order valence-electron chi connectivity index (χ1n) is 6.74. The van der Waals surface area contributed by atoms with E-state index in [0.717, 1.165) is 24.2 Å². The highest BCUT2D eigenvalue weighted by Crippen LogP contribution is 2.47. The molecular formula is C15H21NO2. The lowest BCUT2D eigenvalue weighted by Gasteiger charge is -2.35. The highest BCUT2D eigenvalue weighted by Gasteiger charge is 2.52. The predicted octanol–water partition coefficient (Wildman–Crippen LogP) is 2.14. The summed E-state index contributed by atoms with van der Waals surface area (Å²) in [6.45, 7) is 0. The Balaban J connectivity index is 1.99. The molecule has 0 saturated carbocycles. The van der Waals surface area contributed by atoms with Gasteiger partial charge in [0.25, 0.3) is 0 Å². The van der Waals surface area contributed by atoms with Crippen LogP contribution in [0.1, 0.15) is 31.2 Å². The van der Waals surface area contributed by atoms with Crippen molar-refractivity contribution in [3.63, 3.8) is 0 Å². The Morgan fingerprint density at radius 3 is 2.94 bits per heavy atom. The molecule has 3 heteroatoms. The molecule has 2 heterocycles.